The number of ether oxygens (including phenoxy) is 2. The summed E-state index contributed by atoms with van der Waals surface area (Å²) >= 11 is 0. The number of amides is 2. The summed E-state index contributed by atoms with van der Waals surface area (Å²) < 4.78 is 12.7. The van der Waals surface area contributed by atoms with Gasteiger partial charge in [-0.2, -0.15) is 0 Å². The number of anilines is 2. The van der Waals surface area contributed by atoms with E-state index in [-0.39, 0.29) is 11.8 Å². The lowest BCUT2D eigenvalue weighted by atomic mass is 10.2. The number of piperazine rings is 1. The fourth-order valence-corrected chi connectivity index (χ4v) is 4.95. The van der Waals surface area contributed by atoms with E-state index in [4.69, 9.17) is 9.47 Å². The maximum absolute atomic E-state index is 13.5. The Bertz CT molecular complexity index is 1690. The molecule has 0 saturated carbocycles. The molecule has 0 atom stereocenters. The molecule has 0 bridgehead atoms. The van der Waals surface area contributed by atoms with Gasteiger partial charge in [-0.15, -0.1) is 0 Å². The lowest BCUT2D eigenvalue weighted by Crippen LogP contribution is -2.50. The van der Waals surface area contributed by atoms with E-state index in [1.54, 1.807) is 35.5 Å². The van der Waals surface area contributed by atoms with Crippen LogP contribution in [0.3, 0.4) is 0 Å². The molecule has 44 heavy (non-hydrogen) atoms. The van der Waals surface area contributed by atoms with Gasteiger partial charge in [0.15, 0.2) is 0 Å². The Morgan fingerprint density at radius 3 is 2.20 bits per heavy atom. The van der Waals surface area contributed by atoms with E-state index in [9.17, 15) is 14.4 Å². The van der Waals surface area contributed by atoms with Crippen molar-refractivity contribution < 1.29 is 23.9 Å². The van der Waals surface area contributed by atoms with Crippen molar-refractivity contribution in [2.24, 2.45) is 0 Å². The van der Waals surface area contributed by atoms with E-state index < -0.39 is 23.2 Å². The van der Waals surface area contributed by atoms with Crippen molar-refractivity contribution in [3.63, 3.8) is 0 Å². The molecule has 230 valence electrons. The molecule has 1 fully saturated rings. The highest BCUT2D eigenvalue weighted by atomic mass is 16.6. The van der Waals surface area contributed by atoms with Crippen molar-refractivity contribution >= 4 is 40.4 Å². The topological polar surface area (TPSA) is 119 Å². The normalized spacial score (nSPS) is 14.0. The van der Waals surface area contributed by atoms with Crippen molar-refractivity contribution in [3.05, 3.63) is 72.7 Å². The molecule has 11 nitrogen and oxygen atoms in total. The largest absolute Gasteiger partial charge is 0.444 e. The predicted molar refractivity (Wildman–Crippen MR) is 169 cm³/mol. The summed E-state index contributed by atoms with van der Waals surface area (Å²) in [6, 6.07) is 16.3. The third kappa shape index (κ3) is 6.99. The van der Waals surface area contributed by atoms with Gasteiger partial charge < -0.3 is 24.6 Å². The fourth-order valence-electron chi connectivity index (χ4n) is 4.95. The Morgan fingerprint density at radius 2 is 1.50 bits per heavy atom. The number of rotatable bonds is 4. The van der Waals surface area contributed by atoms with Gasteiger partial charge in [0.1, 0.15) is 16.9 Å². The number of para-hydroxylation sites is 1. The third-order valence-corrected chi connectivity index (χ3v) is 6.85. The Balaban J connectivity index is 1.36. The van der Waals surface area contributed by atoms with Gasteiger partial charge in [0.25, 0.3) is 5.91 Å². The molecule has 0 unspecified atom stereocenters. The highest BCUT2D eigenvalue weighted by Gasteiger charge is 2.28. The molecule has 4 heterocycles. The number of fused-ring (bicyclic) bond motifs is 1. The number of pyridine rings is 2. The minimum absolute atomic E-state index is 0.174. The zero-order valence-electron chi connectivity index (χ0n) is 26.0. The van der Waals surface area contributed by atoms with Crippen molar-refractivity contribution in [3.8, 4) is 11.4 Å². The fraction of sp³-hybridized carbons (Fsp3) is 0.364. The van der Waals surface area contributed by atoms with Crippen LogP contribution in [0.2, 0.25) is 0 Å². The predicted octanol–water partition coefficient (Wildman–Crippen LogP) is 6.19. The number of aromatic nitrogens is 3. The Morgan fingerprint density at radius 1 is 0.818 bits per heavy atom. The van der Waals surface area contributed by atoms with Crippen LogP contribution >= 0.6 is 0 Å². The molecule has 0 radical (unpaired) electrons. The van der Waals surface area contributed by atoms with Crippen LogP contribution in [0, 0.1) is 0 Å². The van der Waals surface area contributed by atoms with Gasteiger partial charge in [0, 0.05) is 37.8 Å². The second-order valence-corrected chi connectivity index (χ2v) is 12.6. The number of nitrogens with zero attached hydrogens (tertiary/aromatic N) is 5. The lowest BCUT2D eigenvalue weighted by molar-refractivity contribution is 0.0240. The first-order chi connectivity index (χ1) is 20.8. The molecule has 0 aliphatic carbocycles. The van der Waals surface area contributed by atoms with Gasteiger partial charge in [-0.05, 0) is 71.9 Å². The molecular formula is C33H38N6O5. The molecule has 1 aliphatic rings. The van der Waals surface area contributed by atoms with Crippen LogP contribution in [0.5, 0.6) is 0 Å². The number of hydrogen-bond acceptors (Lipinski definition) is 8. The van der Waals surface area contributed by atoms with E-state index in [2.05, 4.69) is 20.2 Å². The van der Waals surface area contributed by atoms with Crippen molar-refractivity contribution in [2.75, 3.05) is 36.4 Å². The molecular weight excluding hydrogens is 560 g/mol. The molecule has 1 saturated heterocycles. The van der Waals surface area contributed by atoms with Gasteiger partial charge >= 0.3 is 12.2 Å². The summed E-state index contributed by atoms with van der Waals surface area (Å²) in [5, 5.41) is 3.80. The molecule has 2 amide bonds. The average Bonchev–Trinajstić information content (AvgIpc) is 3.36. The second-order valence-electron chi connectivity index (χ2n) is 12.6. The van der Waals surface area contributed by atoms with Gasteiger partial charge in [-0.3, -0.25) is 9.78 Å². The smallest absolute Gasteiger partial charge is 0.419 e. The summed E-state index contributed by atoms with van der Waals surface area (Å²) in [7, 11) is 0. The van der Waals surface area contributed by atoms with Crippen LogP contribution in [0.25, 0.3) is 22.3 Å². The van der Waals surface area contributed by atoms with E-state index >= 15 is 0 Å². The SMILES string of the molecule is CC(C)(C)OC(=O)N1CCN(c2ccncc2NC(=O)c2cccc(-c3cc4ccccc4n3C(=O)OC(C)(C)C)n2)CC1. The lowest BCUT2D eigenvalue weighted by Gasteiger charge is -2.37. The second kappa shape index (κ2) is 12.0. The maximum Gasteiger partial charge on any atom is 0.419 e. The summed E-state index contributed by atoms with van der Waals surface area (Å²) in [5.74, 6) is -0.423. The zero-order valence-corrected chi connectivity index (χ0v) is 26.0. The quantitative estimate of drug-likeness (QED) is 0.295. The van der Waals surface area contributed by atoms with Crippen LogP contribution < -0.4 is 10.2 Å². The van der Waals surface area contributed by atoms with Gasteiger partial charge in [-0.25, -0.2) is 19.1 Å². The number of benzene rings is 1. The average molecular weight is 599 g/mol. The van der Waals surface area contributed by atoms with Crippen LogP contribution in [-0.4, -0.2) is 74.9 Å². The number of nitrogens with one attached hydrogen (secondary N) is 1. The van der Waals surface area contributed by atoms with Crippen LogP contribution in [0.1, 0.15) is 52.0 Å². The minimum atomic E-state index is -0.696. The Labute approximate surface area is 256 Å². The highest BCUT2D eigenvalue weighted by Crippen LogP contribution is 2.30. The molecule has 0 spiro atoms. The maximum atomic E-state index is 13.5. The molecule has 1 aromatic carbocycles. The van der Waals surface area contributed by atoms with Gasteiger partial charge in [0.05, 0.1) is 34.5 Å². The molecule has 4 aromatic rings. The first-order valence-electron chi connectivity index (χ1n) is 14.6. The van der Waals surface area contributed by atoms with E-state index in [0.717, 1.165) is 11.1 Å². The standard InChI is InChI=1S/C33H38N6O5/c1-32(2,3)43-30(41)38-18-16-37(17-19-38)27-14-15-34-21-25(27)36-29(40)24-12-9-11-23(35-24)28-20-22-10-7-8-13-26(22)39(28)31(42)44-33(4,5)6/h7-15,20-21H,16-19H2,1-6H3,(H,36,40). The number of carbonyl (C=O) groups is 3. The molecule has 1 aliphatic heterocycles. The third-order valence-electron chi connectivity index (χ3n) is 6.85. The van der Waals surface area contributed by atoms with E-state index in [1.807, 2.05) is 77.9 Å². The Hall–Kier alpha value is -4.93. The monoisotopic (exact) mass is 598 g/mol. The van der Waals surface area contributed by atoms with Gasteiger partial charge in [0.2, 0.25) is 0 Å². The molecule has 5 rings (SSSR count). The summed E-state index contributed by atoms with van der Waals surface area (Å²) in [6.07, 6.45) is 2.39. The number of carbonyl (C=O) groups excluding carboxylic acids is 3. The van der Waals surface area contributed by atoms with Gasteiger partial charge in [-0.1, -0.05) is 24.3 Å². The first-order valence-corrected chi connectivity index (χ1v) is 14.6. The summed E-state index contributed by atoms with van der Waals surface area (Å²) in [4.78, 5) is 51.9. The summed E-state index contributed by atoms with van der Waals surface area (Å²) in [6.45, 7) is 13.1. The minimum Gasteiger partial charge on any atom is -0.444 e. The Kier molecular flexibility index (Phi) is 8.31. The highest BCUT2D eigenvalue weighted by molar-refractivity contribution is 6.05. The first kappa shape index (κ1) is 30.5. The molecule has 1 N–H and O–H groups in total. The zero-order chi connectivity index (χ0) is 31.6. The van der Waals surface area contributed by atoms with E-state index in [0.29, 0.717) is 48.8 Å². The van der Waals surface area contributed by atoms with E-state index in [1.165, 1.54) is 4.57 Å². The molecule has 3 aromatic heterocycles. The number of hydrogen-bond donors (Lipinski definition) is 1. The van der Waals surface area contributed by atoms with Crippen LogP contribution in [-0.2, 0) is 9.47 Å². The van der Waals surface area contributed by atoms with Crippen molar-refractivity contribution in [1.29, 1.82) is 0 Å². The van der Waals surface area contributed by atoms with Crippen molar-refractivity contribution in [2.45, 2.75) is 52.7 Å². The van der Waals surface area contributed by atoms with Crippen molar-refractivity contribution in [1.82, 2.24) is 19.4 Å². The molecule has 11 heteroatoms. The van der Waals surface area contributed by atoms with Crippen LogP contribution in [0.4, 0.5) is 21.0 Å². The van der Waals surface area contributed by atoms with Crippen LogP contribution in [0.15, 0.2) is 67.0 Å². The summed E-state index contributed by atoms with van der Waals surface area (Å²) in [5.41, 5.74) is 1.88.